The minimum absolute atomic E-state index is 0.458. The van der Waals surface area contributed by atoms with Crippen LogP contribution >= 0.6 is 0 Å². The molecule has 1 aromatic heterocycles. The van der Waals surface area contributed by atoms with Gasteiger partial charge in [-0.3, -0.25) is 5.10 Å². The molecule has 0 spiro atoms. The second-order valence-corrected chi connectivity index (χ2v) is 5.99. The summed E-state index contributed by atoms with van der Waals surface area (Å²) < 4.78 is 5.16. The molecule has 3 rings (SSSR count). The smallest absolute Gasteiger partial charge is 0.191 e. The van der Waals surface area contributed by atoms with E-state index in [-0.39, 0.29) is 0 Å². The van der Waals surface area contributed by atoms with Gasteiger partial charge in [0.05, 0.1) is 7.11 Å². The van der Waals surface area contributed by atoms with Crippen molar-refractivity contribution in [1.29, 1.82) is 0 Å². The molecular formula is C17H24N6O. The van der Waals surface area contributed by atoms with Gasteiger partial charge in [-0.15, -0.1) is 0 Å². The molecule has 1 fully saturated rings. The maximum Gasteiger partial charge on any atom is 0.191 e. The number of nitrogens with zero attached hydrogens (tertiary/aromatic N) is 3. The number of aromatic amines is 1. The van der Waals surface area contributed by atoms with Gasteiger partial charge in [0, 0.05) is 18.2 Å². The van der Waals surface area contributed by atoms with Gasteiger partial charge in [-0.2, -0.15) is 5.10 Å². The SMILES string of the molecule is CCNC(=NCc1nc(-c2ccc(OC)cc2)n[nH]1)NC1CC1C. The van der Waals surface area contributed by atoms with Crippen LogP contribution < -0.4 is 15.4 Å². The number of benzene rings is 1. The number of hydrogen-bond acceptors (Lipinski definition) is 4. The number of aliphatic imine (C=N–C) groups is 1. The summed E-state index contributed by atoms with van der Waals surface area (Å²) in [6, 6.07) is 8.21. The second-order valence-electron chi connectivity index (χ2n) is 5.99. The molecule has 2 aromatic rings. The standard InChI is InChI=1S/C17H24N6O/c1-4-18-17(20-14-9-11(14)2)19-10-15-21-16(23-22-15)12-5-7-13(24-3)8-6-12/h5-8,11,14H,4,9-10H2,1-3H3,(H2,18,19,20)(H,21,22,23). The van der Waals surface area contributed by atoms with Crippen molar-refractivity contribution in [2.45, 2.75) is 32.9 Å². The fraction of sp³-hybridized carbons (Fsp3) is 0.471. The van der Waals surface area contributed by atoms with E-state index in [1.165, 1.54) is 6.42 Å². The van der Waals surface area contributed by atoms with Crippen molar-refractivity contribution in [2.24, 2.45) is 10.9 Å². The minimum Gasteiger partial charge on any atom is -0.497 e. The molecule has 0 amide bonds. The van der Waals surface area contributed by atoms with Crippen molar-refractivity contribution < 1.29 is 4.74 Å². The number of methoxy groups -OCH3 is 1. The average Bonchev–Trinajstić information content (AvgIpc) is 3.10. The van der Waals surface area contributed by atoms with Crippen molar-refractivity contribution >= 4 is 5.96 Å². The third kappa shape index (κ3) is 4.04. The molecule has 1 heterocycles. The summed E-state index contributed by atoms with van der Waals surface area (Å²) in [5.74, 6) is 3.77. The maximum absolute atomic E-state index is 5.16. The highest BCUT2D eigenvalue weighted by atomic mass is 16.5. The fourth-order valence-electron chi connectivity index (χ4n) is 2.41. The van der Waals surface area contributed by atoms with E-state index in [4.69, 9.17) is 4.74 Å². The van der Waals surface area contributed by atoms with E-state index in [9.17, 15) is 0 Å². The molecule has 2 atom stereocenters. The molecule has 7 nitrogen and oxygen atoms in total. The van der Waals surface area contributed by atoms with E-state index < -0.39 is 0 Å². The number of ether oxygens (including phenoxy) is 1. The van der Waals surface area contributed by atoms with Gasteiger partial charge in [-0.05, 0) is 43.5 Å². The number of rotatable bonds is 6. The zero-order valence-electron chi connectivity index (χ0n) is 14.3. The average molecular weight is 328 g/mol. The third-order valence-corrected chi connectivity index (χ3v) is 4.04. The van der Waals surface area contributed by atoms with Crippen LogP contribution in [-0.4, -0.2) is 40.8 Å². The minimum atomic E-state index is 0.458. The summed E-state index contributed by atoms with van der Waals surface area (Å²) in [6.45, 7) is 5.59. The number of nitrogens with one attached hydrogen (secondary N) is 3. The molecule has 24 heavy (non-hydrogen) atoms. The zero-order valence-corrected chi connectivity index (χ0v) is 14.3. The number of aromatic nitrogens is 3. The normalized spacial score (nSPS) is 19.9. The van der Waals surface area contributed by atoms with Crippen LogP contribution in [-0.2, 0) is 6.54 Å². The van der Waals surface area contributed by atoms with Crippen LogP contribution in [0.15, 0.2) is 29.3 Å². The van der Waals surface area contributed by atoms with E-state index >= 15 is 0 Å². The largest absolute Gasteiger partial charge is 0.497 e. The van der Waals surface area contributed by atoms with Crippen molar-refractivity contribution in [3.8, 4) is 17.1 Å². The molecule has 2 unspecified atom stereocenters. The number of H-pyrrole nitrogens is 1. The van der Waals surface area contributed by atoms with E-state index in [0.717, 1.165) is 35.6 Å². The highest BCUT2D eigenvalue weighted by Gasteiger charge is 2.33. The van der Waals surface area contributed by atoms with Gasteiger partial charge >= 0.3 is 0 Å². The topological polar surface area (TPSA) is 87.2 Å². The van der Waals surface area contributed by atoms with Crippen LogP contribution in [0.4, 0.5) is 0 Å². The molecule has 0 radical (unpaired) electrons. The molecule has 0 aliphatic heterocycles. The summed E-state index contributed by atoms with van der Waals surface area (Å²) in [6.07, 6.45) is 1.20. The van der Waals surface area contributed by atoms with E-state index in [2.05, 4.69) is 44.7 Å². The van der Waals surface area contributed by atoms with Crippen LogP contribution in [0.25, 0.3) is 11.4 Å². The lowest BCUT2D eigenvalue weighted by Gasteiger charge is -2.09. The van der Waals surface area contributed by atoms with Gasteiger partial charge in [0.15, 0.2) is 11.8 Å². The Hall–Kier alpha value is -2.57. The van der Waals surface area contributed by atoms with E-state index in [1.807, 2.05) is 24.3 Å². The van der Waals surface area contributed by atoms with E-state index in [1.54, 1.807) is 7.11 Å². The molecule has 1 aliphatic rings. The third-order valence-electron chi connectivity index (χ3n) is 4.04. The second kappa shape index (κ2) is 7.33. The van der Waals surface area contributed by atoms with Gasteiger partial charge < -0.3 is 15.4 Å². The van der Waals surface area contributed by atoms with Gasteiger partial charge in [-0.25, -0.2) is 9.98 Å². The molecule has 0 bridgehead atoms. The number of guanidine groups is 1. The highest BCUT2D eigenvalue weighted by molar-refractivity contribution is 5.80. The highest BCUT2D eigenvalue weighted by Crippen LogP contribution is 2.28. The molecule has 7 heteroatoms. The monoisotopic (exact) mass is 328 g/mol. The Morgan fingerprint density at radius 3 is 2.75 bits per heavy atom. The van der Waals surface area contributed by atoms with Crippen molar-refractivity contribution in [1.82, 2.24) is 25.8 Å². The van der Waals surface area contributed by atoms with Gasteiger partial charge in [0.1, 0.15) is 18.1 Å². The molecule has 1 saturated carbocycles. The lowest BCUT2D eigenvalue weighted by Crippen LogP contribution is -2.39. The predicted molar refractivity (Wildman–Crippen MR) is 93.9 cm³/mol. The Labute approximate surface area is 141 Å². The molecule has 1 aliphatic carbocycles. The van der Waals surface area contributed by atoms with Gasteiger partial charge in [0.25, 0.3) is 0 Å². The van der Waals surface area contributed by atoms with Crippen LogP contribution in [0.3, 0.4) is 0 Å². The van der Waals surface area contributed by atoms with Crippen LogP contribution in [0, 0.1) is 5.92 Å². The Morgan fingerprint density at radius 1 is 1.38 bits per heavy atom. The summed E-state index contributed by atoms with van der Waals surface area (Å²) in [7, 11) is 1.65. The van der Waals surface area contributed by atoms with Gasteiger partial charge in [0.2, 0.25) is 0 Å². The summed E-state index contributed by atoms with van der Waals surface area (Å²) in [4.78, 5) is 9.08. The molecular weight excluding hydrogens is 304 g/mol. The summed E-state index contributed by atoms with van der Waals surface area (Å²) in [5, 5.41) is 13.9. The first-order chi connectivity index (χ1) is 11.7. The van der Waals surface area contributed by atoms with Crippen molar-refractivity contribution in [3.05, 3.63) is 30.1 Å². The zero-order chi connectivity index (χ0) is 16.9. The first kappa shape index (κ1) is 16.3. The molecule has 128 valence electrons. The summed E-state index contributed by atoms with van der Waals surface area (Å²) in [5.41, 5.74) is 0.944. The Kier molecular flexibility index (Phi) is 4.98. The van der Waals surface area contributed by atoms with Crippen LogP contribution in [0.1, 0.15) is 26.1 Å². The van der Waals surface area contributed by atoms with Crippen molar-refractivity contribution in [2.75, 3.05) is 13.7 Å². The molecule has 1 aromatic carbocycles. The maximum atomic E-state index is 5.16. The Balaban J connectivity index is 1.64. The molecule has 3 N–H and O–H groups in total. The van der Waals surface area contributed by atoms with Crippen LogP contribution in [0.5, 0.6) is 5.75 Å². The number of hydrogen-bond donors (Lipinski definition) is 3. The predicted octanol–water partition coefficient (Wildman–Crippen LogP) is 1.94. The Morgan fingerprint density at radius 2 is 2.12 bits per heavy atom. The Bertz CT molecular complexity index is 693. The summed E-state index contributed by atoms with van der Waals surface area (Å²) >= 11 is 0. The van der Waals surface area contributed by atoms with Crippen molar-refractivity contribution in [3.63, 3.8) is 0 Å². The lowest BCUT2D eigenvalue weighted by molar-refractivity contribution is 0.415. The van der Waals surface area contributed by atoms with Gasteiger partial charge in [-0.1, -0.05) is 6.92 Å². The van der Waals surface area contributed by atoms with E-state index in [0.29, 0.717) is 18.4 Å². The fourth-order valence-corrected chi connectivity index (χ4v) is 2.41. The lowest BCUT2D eigenvalue weighted by atomic mass is 10.2. The quantitative estimate of drug-likeness (QED) is 0.557. The molecule has 0 saturated heterocycles. The first-order valence-electron chi connectivity index (χ1n) is 8.30. The first-order valence-corrected chi connectivity index (χ1v) is 8.30. The van der Waals surface area contributed by atoms with Crippen LogP contribution in [0.2, 0.25) is 0 Å².